The van der Waals surface area contributed by atoms with Gasteiger partial charge in [0, 0.05) is 0 Å². The third kappa shape index (κ3) is 1.92. The van der Waals surface area contributed by atoms with Crippen molar-refractivity contribution in [3.63, 3.8) is 0 Å². The van der Waals surface area contributed by atoms with E-state index in [1.807, 2.05) is 0 Å². The highest BCUT2D eigenvalue weighted by Crippen LogP contribution is 2.23. The lowest BCUT2D eigenvalue weighted by molar-refractivity contribution is -0.0798. The summed E-state index contributed by atoms with van der Waals surface area (Å²) in [6.07, 6.45) is -0.0649. The first-order valence-corrected chi connectivity index (χ1v) is 4.56. The second kappa shape index (κ2) is 3.86. The summed E-state index contributed by atoms with van der Waals surface area (Å²) in [5, 5.41) is 7.26. The molecule has 1 aliphatic rings. The molecule has 15 heavy (non-hydrogen) atoms. The van der Waals surface area contributed by atoms with E-state index in [1.165, 1.54) is 12.1 Å². The molecule has 0 amide bonds. The quantitative estimate of drug-likeness (QED) is 0.575. The Morgan fingerprint density at radius 3 is 2.80 bits per heavy atom. The van der Waals surface area contributed by atoms with Gasteiger partial charge in [-0.25, -0.2) is 4.39 Å². The number of amidine groups is 1. The third-order valence-electron chi connectivity index (χ3n) is 2.15. The second-order valence-electron chi connectivity index (χ2n) is 3.30. The fourth-order valence-corrected chi connectivity index (χ4v) is 1.33. The number of nitrogen functional groups attached to an aromatic ring is 1. The van der Waals surface area contributed by atoms with Gasteiger partial charge in [-0.05, 0) is 12.1 Å². The van der Waals surface area contributed by atoms with Crippen LogP contribution in [0.25, 0.3) is 0 Å². The fraction of sp³-hybridized carbons (Fsp3) is 0.300. The minimum Gasteiger partial charge on any atom is -0.485 e. The van der Waals surface area contributed by atoms with Crippen LogP contribution in [0.3, 0.4) is 0 Å². The molecule has 3 N–H and O–H groups in total. The molecular formula is C10H11FN2O2. The van der Waals surface area contributed by atoms with Crippen molar-refractivity contribution in [1.29, 1.82) is 5.41 Å². The second-order valence-corrected chi connectivity index (χ2v) is 3.30. The van der Waals surface area contributed by atoms with Gasteiger partial charge in [0.15, 0.2) is 0 Å². The molecule has 1 aromatic carbocycles. The van der Waals surface area contributed by atoms with Gasteiger partial charge in [0.25, 0.3) is 0 Å². The summed E-state index contributed by atoms with van der Waals surface area (Å²) in [4.78, 5) is 0. The maximum Gasteiger partial charge on any atom is 0.145 e. The average Bonchev–Trinajstić information content (AvgIpc) is 2.10. The Bertz CT molecular complexity index is 391. The van der Waals surface area contributed by atoms with Crippen LogP contribution in [0.15, 0.2) is 18.2 Å². The van der Waals surface area contributed by atoms with Gasteiger partial charge in [0.2, 0.25) is 0 Å². The van der Waals surface area contributed by atoms with Crippen LogP contribution in [0.1, 0.15) is 5.56 Å². The van der Waals surface area contributed by atoms with Gasteiger partial charge in [-0.2, -0.15) is 0 Å². The van der Waals surface area contributed by atoms with E-state index in [9.17, 15) is 4.39 Å². The summed E-state index contributed by atoms with van der Waals surface area (Å²) in [5.74, 6) is -0.570. The molecule has 1 saturated heterocycles. The number of benzene rings is 1. The minimum absolute atomic E-state index is 0.0180. The molecule has 0 spiro atoms. The van der Waals surface area contributed by atoms with Crippen molar-refractivity contribution in [2.75, 3.05) is 13.2 Å². The van der Waals surface area contributed by atoms with Crippen LogP contribution in [0, 0.1) is 11.2 Å². The molecule has 4 nitrogen and oxygen atoms in total. The molecule has 1 heterocycles. The Labute approximate surface area is 86.3 Å². The van der Waals surface area contributed by atoms with Gasteiger partial charge in [0.1, 0.15) is 23.5 Å². The van der Waals surface area contributed by atoms with Gasteiger partial charge in [0.05, 0.1) is 18.8 Å². The molecule has 0 aliphatic carbocycles. The van der Waals surface area contributed by atoms with E-state index in [4.69, 9.17) is 20.6 Å². The maximum absolute atomic E-state index is 13.3. The van der Waals surface area contributed by atoms with E-state index in [1.54, 1.807) is 6.07 Å². The third-order valence-corrected chi connectivity index (χ3v) is 2.15. The van der Waals surface area contributed by atoms with E-state index < -0.39 is 5.82 Å². The molecular weight excluding hydrogens is 199 g/mol. The lowest BCUT2D eigenvalue weighted by Gasteiger charge is -2.27. The highest BCUT2D eigenvalue weighted by molar-refractivity contribution is 5.97. The Kier molecular flexibility index (Phi) is 2.55. The molecule has 1 aromatic rings. The van der Waals surface area contributed by atoms with E-state index in [-0.39, 0.29) is 17.5 Å². The molecule has 2 rings (SSSR count). The molecule has 0 aromatic heterocycles. The van der Waals surface area contributed by atoms with Gasteiger partial charge >= 0.3 is 0 Å². The number of nitrogens with one attached hydrogen (secondary N) is 1. The van der Waals surface area contributed by atoms with Crippen molar-refractivity contribution < 1.29 is 13.9 Å². The van der Waals surface area contributed by atoms with E-state index in [0.717, 1.165) is 0 Å². The van der Waals surface area contributed by atoms with Crippen molar-refractivity contribution in [1.82, 2.24) is 0 Å². The summed E-state index contributed by atoms with van der Waals surface area (Å²) in [6, 6.07) is 4.37. The van der Waals surface area contributed by atoms with Crippen molar-refractivity contribution in [3.05, 3.63) is 29.6 Å². The van der Waals surface area contributed by atoms with Crippen LogP contribution in [0.4, 0.5) is 4.39 Å². The molecule has 80 valence electrons. The summed E-state index contributed by atoms with van der Waals surface area (Å²) in [5.41, 5.74) is 5.30. The first-order valence-electron chi connectivity index (χ1n) is 4.56. The summed E-state index contributed by atoms with van der Waals surface area (Å²) >= 11 is 0. The van der Waals surface area contributed by atoms with Gasteiger partial charge in [-0.15, -0.1) is 0 Å². The normalized spacial score (nSPS) is 15.8. The fourth-order valence-electron chi connectivity index (χ4n) is 1.33. The predicted molar refractivity (Wildman–Crippen MR) is 52.7 cm³/mol. The first-order chi connectivity index (χ1) is 7.18. The topological polar surface area (TPSA) is 68.3 Å². The van der Waals surface area contributed by atoms with Crippen LogP contribution in [-0.2, 0) is 4.74 Å². The van der Waals surface area contributed by atoms with Crippen LogP contribution in [0.2, 0.25) is 0 Å². The Morgan fingerprint density at radius 1 is 1.53 bits per heavy atom. The number of ether oxygens (including phenoxy) is 2. The average molecular weight is 210 g/mol. The molecule has 0 unspecified atom stereocenters. The lowest BCUT2D eigenvalue weighted by Crippen LogP contribution is -2.39. The smallest absolute Gasteiger partial charge is 0.145 e. The number of nitrogens with two attached hydrogens (primary N) is 1. The lowest BCUT2D eigenvalue weighted by atomic mass is 10.1. The highest BCUT2D eigenvalue weighted by Gasteiger charge is 2.22. The molecule has 0 bridgehead atoms. The van der Waals surface area contributed by atoms with Crippen molar-refractivity contribution in [2.45, 2.75) is 6.10 Å². The standard InChI is InChI=1S/C10H11FN2O2/c11-7-2-1-3-8(9(7)10(12)13)15-6-4-14-5-6/h1-3,6H,4-5H2,(H3,12,13). The van der Waals surface area contributed by atoms with Gasteiger partial charge in [-0.3, -0.25) is 5.41 Å². The summed E-state index contributed by atoms with van der Waals surface area (Å²) < 4.78 is 23.7. The molecule has 5 heteroatoms. The maximum atomic E-state index is 13.3. The molecule has 1 fully saturated rings. The van der Waals surface area contributed by atoms with Crippen molar-refractivity contribution in [2.24, 2.45) is 5.73 Å². The number of hydrogen-bond acceptors (Lipinski definition) is 3. The number of hydrogen-bond donors (Lipinski definition) is 2. The molecule has 0 saturated carbocycles. The highest BCUT2D eigenvalue weighted by atomic mass is 19.1. The summed E-state index contributed by atoms with van der Waals surface area (Å²) in [7, 11) is 0. The largest absolute Gasteiger partial charge is 0.485 e. The molecule has 1 aliphatic heterocycles. The zero-order valence-electron chi connectivity index (χ0n) is 8.00. The van der Waals surface area contributed by atoms with Gasteiger partial charge < -0.3 is 15.2 Å². The first kappa shape index (κ1) is 9.92. The Hall–Kier alpha value is -1.62. The predicted octanol–water partition coefficient (Wildman–Crippen LogP) is 0.887. The summed E-state index contributed by atoms with van der Waals surface area (Å²) in [6.45, 7) is 0.988. The Balaban J connectivity index is 2.27. The number of rotatable bonds is 3. The van der Waals surface area contributed by atoms with Crippen molar-refractivity contribution >= 4 is 5.84 Å². The minimum atomic E-state index is -0.541. The van der Waals surface area contributed by atoms with E-state index in [2.05, 4.69) is 0 Å². The van der Waals surface area contributed by atoms with E-state index >= 15 is 0 Å². The van der Waals surface area contributed by atoms with Crippen LogP contribution >= 0.6 is 0 Å². The molecule has 0 atom stereocenters. The molecule has 0 radical (unpaired) electrons. The Morgan fingerprint density at radius 2 is 2.27 bits per heavy atom. The van der Waals surface area contributed by atoms with Crippen LogP contribution < -0.4 is 10.5 Å². The van der Waals surface area contributed by atoms with Crippen LogP contribution in [-0.4, -0.2) is 25.2 Å². The number of halogens is 1. The van der Waals surface area contributed by atoms with Gasteiger partial charge in [-0.1, -0.05) is 6.07 Å². The SMILES string of the molecule is N=C(N)c1c(F)cccc1OC1COC1. The zero-order chi connectivity index (χ0) is 10.8. The van der Waals surface area contributed by atoms with E-state index in [0.29, 0.717) is 19.0 Å². The monoisotopic (exact) mass is 210 g/mol. The zero-order valence-corrected chi connectivity index (χ0v) is 8.00. The van der Waals surface area contributed by atoms with Crippen molar-refractivity contribution in [3.8, 4) is 5.75 Å². The van der Waals surface area contributed by atoms with Crippen LogP contribution in [0.5, 0.6) is 5.75 Å².